The summed E-state index contributed by atoms with van der Waals surface area (Å²) in [4.78, 5) is 24.4. The van der Waals surface area contributed by atoms with Gasteiger partial charge in [0.1, 0.15) is 11.6 Å². The van der Waals surface area contributed by atoms with Gasteiger partial charge in [0.25, 0.3) is 0 Å². The summed E-state index contributed by atoms with van der Waals surface area (Å²) in [5.41, 5.74) is 2.42. The lowest BCUT2D eigenvalue weighted by atomic mass is 10.1. The van der Waals surface area contributed by atoms with E-state index >= 15 is 0 Å². The number of aromatic nitrogens is 2. The first kappa shape index (κ1) is 23.2. The summed E-state index contributed by atoms with van der Waals surface area (Å²) in [7, 11) is 0. The van der Waals surface area contributed by atoms with Crippen molar-refractivity contribution in [2.45, 2.75) is 12.8 Å². The highest BCUT2D eigenvalue weighted by molar-refractivity contribution is 5.93. The predicted octanol–water partition coefficient (Wildman–Crippen LogP) is 6.11. The first-order valence-corrected chi connectivity index (χ1v) is 11.8. The van der Waals surface area contributed by atoms with E-state index in [1.54, 1.807) is 24.5 Å². The van der Waals surface area contributed by atoms with Crippen LogP contribution in [0, 0.1) is 5.82 Å². The molecular weight excluding hydrogens is 455 g/mol. The number of para-hydroxylation sites is 1. The molecule has 0 saturated carbocycles. The van der Waals surface area contributed by atoms with E-state index in [0.717, 1.165) is 23.1 Å². The second kappa shape index (κ2) is 10.8. The fourth-order valence-electron chi connectivity index (χ4n) is 4.08. The first-order chi connectivity index (χ1) is 17.7. The number of hydrogen-bond donors (Lipinski definition) is 1. The highest BCUT2D eigenvalue weighted by atomic mass is 19.1. The van der Waals surface area contributed by atoms with Gasteiger partial charge in [0.05, 0.1) is 11.8 Å². The third kappa shape index (κ3) is 5.58. The smallest absolute Gasteiger partial charge is 0.226 e. The van der Waals surface area contributed by atoms with Crippen molar-refractivity contribution in [2.24, 2.45) is 0 Å². The third-order valence-corrected chi connectivity index (χ3v) is 5.85. The largest absolute Gasteiger partial charge is 0.461 e. The van der Waals surface area contributed by atoms with Crippen LogP contribution in [-0.4, -0.2) is 29.0 Å². The number of carbonyl (C=O) groups excluding carboxylic acids is 1. The van der Waals surface area contributed by atoms with Gasteiger partial charge in [-0.15, -0.1) is 0 Å². The van der Waals surface area contributed by atoms with E-state index in [4.69, 9.17) is 14.4 Å². The SMILES string of the molecule is O=C(CCN(CCc1ccccc1)c1nc(-c2ccco2)nc2ccccc12)Nc1cccc(F)c1. The van der Waals surface area contributed by atoms with E-state index in [1.165, 1.54) is 17.7 Å². The lowest BCUT2D eigenvalue weighted by Crippen LogP contribution is -2.31. The Bertz CT molecular complexity index is 1460. The molecular formula is C29H25FN4O2. The van der Waals surface area contributed by atoms with E-state index in [9.17, 15) is 9.18 Å². The molecule has 0 bridgehead atoms. The molecule has 36 heavy (non-hydrogen) atoms. The van der Waals surface area contributed by atoms with Crippen molar-refractivity contribution >= 4 is 28.3 Å². The Balaban J connectivity index is 1.44. The predicted molar refractivity (Wildman–Crippen MR) is 139 cm³/mol. The molecule has 3 aromatic carbocycles. The normalized spacial score (nSPS) is 10.9. The summed E-state index contributed by atoms with van der Waals surface area (Å²) in [6.07, 6.45) is 2.58. The number of rotatable bonds is 9. The number of nitrogens with one attached hydrogen (secondary N) is 1. The van der Waals surface area contributed by atoms with Crippen LogP contribution in [0.5, 0.6) is 0 Å². The van der Waals surface area contributed by atoms with Crippen molar-refractivity contribution in [3.8, 4) is 11.6 Å². The number of halogens is 1. The van der Waals surface area contributed by atoms with Crippen LogP contribution < -0.4 is 10.2 Å². The summed E-state index contributed by atoms with van der Waals surface area (Å²) in [6, 6.07) is 27.5. The molecule has 0 aliphatic carbocycles. The lowest BCUT2D eigenvalue weighted by molar-refractivity contribution is -0.116. The summed E-state index contributed by atoms with van der Waals surface area (Å²) < 4.78 is 19.1. The summed E-state index contributed by atoms with van der Waals surface area (Å²) in [5, 5.41) is 3.68. The molecule has 7 heteroatoms. The van der Waals surface area contributed by atoms with Crippen molar-refractivity contribution in [2.75, 3.05) is 23.3 Å². The zero-order chi connectivity index (χ0) is 24.7. The van der Waals surface area contributed by atoms with Gasteiger partial charge in [-0.1, -0.05) is 48.5 Å². The molecule has 0 fully saturated rings. The van der Waals surface area contributed by atoms with Crippen molar-refractivity contribution in [1.82, 2.24) is 9.97 Å². The van der Waals surface area contributed by atoms with Crippen molar-refractivity contribution in [1.29, 1.82) is 0 Å². The standard InChI is InChI=1S/C29H25FN4O2/c30-22-10-6-11-23(20-22)31-27(35)16-18-34(17-15-21-8-2-1-3-9-21)29-24-12-4-5-13-25(24)32-28(33-29)26-14-7-19-36-26/h1-14,19-20H,15-18H2,(H,31,35). The summed E-state index contributed by atoms with van der Waals surface area (Å²) >= 11 is 0. The van der Waals surface area contributed by atoms with Gasteiger partial charge in [0.15, 0.2) is 11.6 Å². The number of benzene rings is 3. The second-order valence-electron chi connectivity index (χ2n) is 8.40. The van der Waals surface area contributed by atoms with Crippen LogP contribution in [0.15, 0.2) is 102 Å². The quantitative estimate of drug-likeness (QED) is 0.276. The van der Waals surface area contributed by atoms with Crippen LogP contribution in [0.1, 0.15) is 12.0 Å². The van der Waals surface area contributed by atoms with E-state index in [-0.39, 0.29) is 12.3 Å². The Morgan fingerprint density at radius 2 is 1.72 bits per heavy atom. The Labute approximate surface area is 208 Å². The Kier molecular flexibility index (Phi) is 6.98. The van der Waals surface area contributed by atoms with E-state index < -0.39 is 5.82 Å². The summed E-state index contributed by atoms with van der Waals surface area (Å²) in [6.45, 7) is 1.07. The number of hydrogen-bond acceptors (Lipinski definition) is 5. The Morgan fingerprint density at radius 3 is 2.53 bits per heavy atom. The molecule has 0 atom stereocenters. The van der Waals surface area contributed by atoms with Crippen LogP contribution in [-0.2, 0) is 11.2 Å². The molecule has 0 saturated heterocycles. The monoisotopic (exact) mass is 480 g/mol. The number of nitrogens with zero attached hydrogens (tertiary/aromatic N) is 3. The molecule has 5 rings (SSSR count). The van der Waals surface area contributed by atoms with Crippen molar-refractivity contribution in [3.05, 3.63) is 109 Å². The minimum absolute atomic E-state index is 0.199. The number of anilines is 2. The topological polar surface area (TPSA) is 71.3 Å². The maximum atomic E-state index is 13.5. The van der Waals surface area contributed by atoms with E-state index in [1.807, 2.05) is 48.5 Å². The highest BCUT2D eigenvalue weighted by Gasteiger charge is 2.18. The molecule has 0 aliphatic rings. The number of furan rings is 1. The zero-order valence-electron chi connectivity index (χ0n) is 19.6. The van der Waals surface area contributed by atoms with Gasteiger partial charge in [0, 0.05) is 30.6 Å². The van der Waals surface area contributed by atoms with Crippen LogP contribution in [0.25, 0.3) is 22.5 Å². The van der Waals surface area contributed by atoms with Crippen molar-refractivity contribution < 1.29 is 13.6 Å². The third-order valence-electron chi connectivity index (χ3n) is 5.85. The van der Waals surface area contributed by atoms with Crippen LogP contribution in [0.4, 0.5) is 15.9 Å². The number of carbonyl (C=O) groups is 1. The van der Waals surface area contributed by atoms with Gasteiger partial charge in [0.2, 0.25) is 5.91 Å². The van der Waals surface area contributed by atoms with Crippen LogP contribution >= 0.6 is 0 Å². The van der Waals surface area contributed by atoms with Crippen LogP contribution in [0.3, 0.4) is 0 Å². The zero-order valence-corrected chi connectivity index (χ0v) is 19.6. The molecule has 6 nitrogen and oxygen atoms in total. The van der Waals surface area contributed by atoms with Gasteiger partial charge in [-0.3, -0.25) is 4.79 Å². The fourth-order valence-corrected chi connectivity index (χ4v) is 4.08. The van der Waals surface area contributed by atoms with Gasteiger partial charge in [-0.25, -0.2) is 14.4 Å². The van der Waals surface area contributed by atoms with E-state index in [2.05, 4.69) is 22.3 Å². The minimum atomic E-state index is -0.393. The second-order valence-corrected chi connectivity index (χ2v) is 8.40. The fraction of sp³-hybridized carbons (Fsp3) is 0.138. The molecule has 1 amide bonds. The molecule has 5 aromatic rings. The molecule has 2 heterocycles. The maximum Gasteiger partial charge on any atom is 0.226 e. The van der Waals surface area contributed by atoms with Gasteiger partial charge in [-0.05, 0) is 54.4 Å². The number of amides is 1. The number of fused-ring (bicyclic) bond motifs is 1. The van der Waals surface area contributed by atoms with Crippen molar-refractivity contribution in [3.63, 3.8) is 0 Å². The van der Waals surface area contributed by atoms with E-state index in [0.29, 0.717) is 30.4 Å². The molecule has 0 unspecified atom stereocenters. The lowest BCUT2D eigenvalue weighted by Gasteiger charge is -2.25. The average molecular weight is 481 g/mol. The summed E-state index contributed by atoms with van der Waals surface area (Å²) in [5.74, 6) is 1.21. The molecule has 180 valence electrons. The first-order valence-electron chi connectivity index (χ1n) is 11.8. The molecule has 0 aliphatic heterocycles. The van der Waals surface area contributed by atoms with Crippen LogP contribution in [0.2, 0.25) is 0 Å². The minimum Gasteiger partial charge on any atom is -0.461 e. The Morgan fingerprint density at radius 1 is 0.889 bits per heavy atom. The average Bonchev–Trinajstić information content (AvgIpc) is 3.44. The Hall–Kier alpha value is -4.52. The maximum absolute atomic E-state index is 13.5. The molecule has 0 radical (unpaired) electrons. The highest BCUT2D eigenvalue weighted by Crippen LogP contribution is 2.28. The van der Waals surface area contributed by atoms with Gasteiger partial charge in [-0.2, -0.15) is 0 Å². The molecule has 1 N–H and O–H groups in total. The molecule has 2 aromatic heterocycles. The van der Waals surface area contributed by atoms with Gasteiger partial charge >= 0.3 is 0 Å². The molecule has 0 spiro atoms. The van der Waals surface area contributed by atoms with Gasteiger partial charge < -0.3 is 14.6 Å².